The van der Waals surface area contributed by atoms with Gasteiger partial charge in [-0.3, -0.25) is 4.79 Å². The second kappa shape index (κ2) is 10.2. The van der Waals surface area contributed by atoms with Crippen molar-refractivity contribution in [3.8, 4) is 16.9 Å². The maximum absolute atomic E-state index is 13.5. The SMILES string of the molecule is CCn1cc(CC[C@H](C)NC(=O)c2nnn(-c3ccc(F)cc3)c2-c2ccccc2)c2ccccc21. The molecule has 2 aromatic heterocycles. The Hall–Kier alpha value is -4.26. The molecule has 2 heterocycles. The topological polar surface area (TPSA) is 64.7 Å². The number of hydrogen-bond acceptors (Lipinski definition) is 3. The minimum atomic E-state index is -0.339. The number of halogens is 1. The molecule has 6 nitrogen and oxygen atoms in total. The van der Waals surface area contributed by atoms with Gasteiger partial charge >= 0.3 is 0 Å². The van der Waals surface area contributed by atoms with Crippen LogP contribution in [0.3, 0.4) is 0 Å². The summed E-state index contributed by atoms with van der Waals surface area (Å²) in [7, 11) is 0. The molecule has 0 saturated heterocycles. The molecule has 0 spiro atoms. The van der Waals surface area contributed by atoms with Crippen LogP contribution in [0.1, 0.15) is 36.3 Å². The van der Waals surface area contributed by atoms with E-state index in [1.54, 1.807) is 16.8 Å². The lowest BCUT2D eigenvalue weighted by molar-refractivity contribution is 0.0934. The molecule has 7 heteroatoms. The van der Waals surface area contributed by atoms with E-state index in [4.69, 9.17) is 0 Å². The zero-order valence-corrected chi connectivity index (χ0v) is 20.4. The van der Waals surface area contributed by atoms with Gasteiger partial charge in [0, 0.05) is 35.2 Å². The highest BCUT2D eigenvalue weighted by Gasteiger charge is 2.23. The van der Waals surface area contributed by atoms with Crippen molar-refractivity contribution in [2.24, 2.45) is 0 Å². The summed E-state index contributed by atoms with van der Waals surface area (Å²) in [5.74, 6) is -0.625. The van der Waals surface area contributed by atoms with Gasteiger partial charge in [0.15, 0.2) is 5.69 Å². The van der Waals surface area contributed by atoms with E-state index in [-0.39, 0.29) is 23.5 Å². The monoisotopic (exact) mass is 481 g/mol. The molecule has 0 fully saturated rings. The van der Waals surface area contributed by atoms with Crippen molar-refractivity contribution in [2.45, 2.75) is 39.3 Å². The smallest absolute Gasteiger partial charge is 0.274 e. The molecule has 0 saturated carbocycles. The van der Waals surface area contributed by atoms with Crippen LogP contribution in [0.25, 0.3) is 27.8 Å². The van der Waals surface area contributed by atoms with E-state index >= 15 is 0 Å². The lowest BCUT2D eigenvalue weighted by atomic mass is 10.0. The molecular weight excluding hydrogens is 453 g/mol. The fraction of sp³-hybridized carbons (Fsp3) is 0.207. The first-order valence-electron chi connectivity index (χ1n) is 12.2. The Balaban J connectivity index is 1.37. The van der Waals surface area contributed by atoms with Gasteiger partial charge in [-0.1, -0.05) is 53.7 Å². The fourth-order valence-corrected chi connectivity index (χ4v) is 4.57. The summed E-state index contributed by atoms with van der Waals surface area (Å²) in [4.78, 5) is 13.3. The van der Waals surface area contributed by atoms with Gasteiger partial charge in [0.1, 0.15) is 11.5 Å². The summed E-state index contributed by atoms with van der Waals surface area (Å²) in [5, 5.41) is 12.8. The lowest BCUT2D eigenvalue weighted by Crippen LogP contribution is -2.33. The molecule has 1 atom stereocenters. The number of carbonyl (C=O) groups is 1. The van der Waals surface area contributed by atoms with Crippen molar-refractivity contribution in [1.29, 1.82) is 0 Å². The van der Waals surface area contributed by atoms with E-state index < -0.39 is 0 Å². The highest BCUT2D eigenvalue weighted by molar-refractivity contribution is 5.98. The molecule has 0 radical (unpaired) electrons. The van der Waals surface area contributed by atoms with Crippen molar-refractivity contribution < 1.29 is 9.18 Å². The van der Waals surface area contributed by atoms with Crippen molar-refractivity contribution in [1.82, 2.24) is 24.9 Å². The maximum Gasteiger partial charge on any atom is 0.274 e. The van der Waals surface area contributed by atoms with Gasteiger partial charge in [0.25, 0.3) is 5.91 Å². The molecule has 5 rings (SSSR count). The molecule has 0 bridgehead atoms. The number of rotatable bonds is 8. The first-order chi connectivity index (χ1) is 17.5. The van der Waals surface area contributed by atoms with Gasteiger partial charge in [0.2, 0.25) is 0 Å². The van der Waals surface area contributed by atoms with Crippen molar-refractivity contribution in [3.63, 3.8) is 0 Å². The van der Waals surface area contributed by atoms with Crippen LogP contribution in [0.5, 0.6) is 0 Å². The van der Waals surface area contributed by atoms with E-state index in [1.165, 1.54) is 28.6 Å². The molecule has 5 aromatic rings. The minimum absolute atomic E-state index is 0.0687. The third-order valence-electron chi connectivity index (χ3n) is 6.44. The Morgan fingerprint density at radius 1 is 1.00 bits per heavy atom. The predicted molar refractivity (Wildman–Crippen MR) is 140 cm³/mol. The second-order valence-electron chi connectivity index (χ2n) is 8.91. The van der Waals surface area contributed by atoms with Gasteiger partial charge < -0.3 is 9.88 Å². The third-order valence-corrected chi connectivity index (χ3v) is 6.44. The molecule has 3 aromatic carbocycles. The molecule has 1 N–H and O–H groups in total. The van der Waals surface area contributed by atoms with E-state index in [1.807, 2.05) is 37.3 Å². The maximum atomic E-state index is 13.5. The number of hydrogen-bond donors (Lipinski definition) is 1. The van der Waals surface area contributed by atoms with E-state index in [9.17, 15) is 9.18 Å². The van der Waals surface area contributed by atoms with Gasteiger partial charge in [-0.2, -0.15) is 0 Å². The van der Waals surface area contributed by atoms with Crippen molar-refractivity contribution in [3.05, 3.63) is 102 Å². The zero-order chi connectivity index (χ0) is 25.1. The summed E-state index contributed by atoms with van der Waals surface area (Å²) < 4.78 is 17.3. The van der Waals surface area contributed by atoms with Gasteiger partial charge in [-0.25, -0.2) is 9.07 Å². The Labute approximate surface area is 209 Å². The first kappa shape index (κ1) is 23.5. The van der Waals surface area contributed by atoms with Gasteiger partial charge in [0.05, 0.1) is 5.69 Å². The van der Waals surface area contributed by atoms with Crippen LogP contribution in [-0.4, -0.2) is 31.5 Å². The second-order valence-corrected chi connectivity index (χ2v) is 8.91. The predicted octanol–water partition coefficient (Wildman–Crippen LogP) is 5.80. The van der Waals surface area contributed by atoms with Gasteiger partial charge in [-0.05, 0) is 62.6 Å². The third kappa shape index (κ3) is 4.64. The minimum Gasteiger partial charge on any atom is -0.348 e. The van der Waals surface area contributed by atoms with E-state index in [0.29, 0.717) is 11.4 Å². The Morgan fingerprint density at radius 3 is 2.47 bits per heavy atom. The molecule has 0 aliphatic heterocycles. The Kier molecular flexibility index (Phi) is 6.62. The number of fused-ring (bicyclic) bond motifs is 1. The summed E-state index contributed by atoms with van der Waals surface area (Å²) in [6.07, 6.45) is 3.85. The van der Waals surface area contributed by atoms with E-state index in [0.717, 1.165) is 24.9 Å². The summed E-state index contributed by atoms with van der Waals surface area (Å²) in [5.41, 5.74) is 4.74. The molecule has 36 heavy (non-hydrogen) atoms. The number of aromatic nitrogens is 4. The fourth-order valence-electron chi connectivity index (χ4n) is 4.57. The highest BCUT2D eigenvalue weighted by Crippen LogP contribution is 2.26. The van der Waals surface area contributed by atoms with Crippen molar-refractivity contribution >= 4 is 16.8 Å². The summed E-state index contributed by atoms with van der Waals surface area (Å²) in [6, 6.07) is 23.8. The van der Waals surface area contributed by atoms with Crippen LogP contribution in [0.2, 0.25) is 0 Å². The zero-order valence-electron chi connectivity index (χ0n) is 20.4. The molecule has 0 aliphatic rings. The largest absolute Gasteiger partial charge is 0.348 e. The Morgan fingerprint density at radius 2 is 1.72 bits per heavy atom. The lowest BCUT2D eigenvalue weighted by Gasteiger charge is -2.14. The van der Waals surface area contributed by atoms with Crippen molar-refractivity contribution in [2.75, 3.05) is 0 Å². The molecule has 0 unspecified atom stereocenters. The molecular formula is C29H28FN5O. The van der Waals surface area contributed by atoms with Crippen LogP contribution in [-0.2, 0) is 13.0 Å². The van der Waals surface area contributed by atoms with Crippen LogP contribution in [0.4, 0.5) is 4.39 Å². The first-order valence-corrected chi connectivity index (χ1v) is 12.2. The number of para-hydroxylation sites is 1. The molecule has 182 valence electrons. The van der Waals surface area contributed by atoms with Gasteiger partial charge in [-0.15, -0.1) is 5.10 Å². The van der Waals surface area contributed by atoms with Crippen LogP contribution >= 0.6 is 0 Å². The normalized spacial score (nSPS) is 12.1. The highest BCUT2D eigenvalue weighted by atomic mass is 19.1. The average molecular weight is 482 g/mol. The number of aryl methyl sites for hydroxylation is 2. The summed E-state index contributed by atoms with van der Waals surface area (Å²) in [6.45, 7) is 5.06. The van der Waals surface area contributed by atoms with Crippen LogP contribution in [0, 0.1) is 5.82 Å². The standard InChI is InChI=1S/C29H28FN5O/c1-3-34-19-22(25-11-7-8-12-26(25)34)14-13-20(2)31-29(36)27-28(21-9-5-4-6-10-21)35(33-32-27)24-17-15-23(30)16-18-24/h4-12,15-20H,3,13-14H2,1-2H3,(H,31,36)/t20-/m0/s1. The number of nitrogens with one attached hydrogen (secondary N) is 1. The number of amides is 1. The molecule has 1 amide bonds. The number of carbonyl (C=O) groups excluding carboxylic acids is 1. The molecule has 0 aliphatic carbocycles. The number of nitrogens with zero attached hydrogens (tertiary/aromatic N) is 4. The van der Waals surface area contributed by atoms with Crippen LogP contribution < -0.4 is 5.32 Å². The quantitative estimate of drug-likeness (QED) is 0.305. The van der Waals surface area contributed by atoms with Crippen LogP contribution in [0.15, 0.2) is 85.1 Å². The average Bonchev–Trinajstić information content (AvgIpc) is 3.50. The number of benzene rings is 3. The van der Waals surface area contributed by atoms with E-state index in [2.05, 4.69) is 57.6 Å². The Bertz CT molecular complexity index is 1490. The summed E-state index contributed by atoms with van der Waals surface area (Å²) >= 11 is 0.